The number of nitrogens with two attached hydrogens (primary N) is 1. The van der Waals surface area contributed by atoms with Crippen molar-refractivity contribution in [3.63, 3.8) is 0 Å². The van der Waals surface area contributed by atoms with E-state index in [1.807, 2.05) is 0 Å². The van der Waals surface area contributed by atoms with Crippen LogP contribution >= 0.6 is 0 Å². The van der Waals surface area contributed by atoms with Crippen LogP contribution in [0.25, 0.3) is 10.8 Å². The Morgan fingerprint density at radius 3 is 2.45 bits per heavy atom. The van der Waals surface area contributed by atoms with Crippen molar-refractivity contribution in [1.29, 1.82) is 0 Å². The number of piperazine rings is 1. The van der Waals surface area contributed by atoms with Crippen LogP contribution in [0.1, 0.15) is 18.4 Å². The molecule has 0 radical (unpaired) electrons. The van der Waals surface area contributed by atoms with Gasteiger partial charge in [-0.15, -0.1) is 0 Å². The number of piperidine rings is 1. The van der Waals surface area contributed by atoms with Gasteiger partial charge in [0.15, 0.2) is 0 Å². The number of fused-ring (bicyclic) bond motifs is 3. The Kier molecular flexibility index (Phi) is 3.65. The predicted molar refractivity (Wildman–Crippen MR) is 91.8 cm³/mol. The number of rotatable bonds is 2. The van der Waals surface area contributed by atoms with Crippen molar-refractivity contribution in [2.24, 2.45) is 5.73 Å². The second kappa shape index (κ2) is 5.65. The zero-order chi connectivity index (χ0) is 15.1. The van der Waals surface area contributed by atoms with Gasteiger partial charge in [-0.3, -0.25) is 9.80 Å². The lowest BCUT2D eigenvalue weighted by atomic mass is 9.88. The molecule has 3 nitrogen and oxygen atoms in total. The van der Waals surface area contributed by atoms with Crippen LogP contribution in [0.3, 0.4) is 0 Å². The first-order chi connectivity index (χ1) is 10.7. The highest BCUT2D eigenvalue weighted by atomic mass is 15.3. The van der Waals surface area contributed by atoms with Gasteiger partial charge in [0.05, 0.1) is 0 Å². The van der Waals surface area contributed by atoms with Gasteiger partial charge >= 0.3 is 0 Å². The monoisotopic (exact) mass is 295 g/mol. The van der Waals surface area contributed by atoms with Gasteiger partial charge in [0.2, 0.25) is 0 Å². The molecule has 2 bridgehead atoms. The van der Waals surface area contributed by atoms with Gasteiger partial charge in [0.25, 0.3) is 0 Å². The van der Waals surface area contributed by atoms with Crippen molar-refractivity contribution in [2.45, 2.75) is 37.5 Å². The van der Waals surface area contributed by atoms with Gasteiger partial charge in [-0.2, -0.15) is 0 Å². The maximum absolute atomic E-state index is 6.21. The molecule has 2 saturated heterocycles. The molecule has 0 unspecified atom stereocenters. The molecule has 4 rings (SSSR count). The van der Waals surface area contributed by atoms with Crippen LogP contribution in [0, 0.1) is 0 Å². The van der Waals surface area contributed by atoms with Crippen LogP contribution in [0.4, 0.5) is 0 Å². The number of likely N-dealkylation sites (tertiary alicyclic amines) is 1. The molecule has 0 aliphatic carbocycles. The number of nitrogens with zero attached hydrogens (tertiary/aromatic N) is 2. The Balaban J connectivity index is 1.56. The standard InChI is InChI=1S/C19H25N3/c1-21-17-9-16(20)10-18(21)13-22(12-17)11-15-7-4-6-14-5-2-3-8-19(14)15/h2-8,16-18H,9-13,20H2,1H3/t16-,17-,18+. The maximum atomic E-state index is 6.21. The van der Waals surface area contributed by atoms with Crippen LogP contribution < -0.4 is 5.73 Å². The molecule has 3 atom stereocenters. The molecule has 2 aromatic carbocycles. The zero-order valence-corrected chi connectivity index (χ0v) is 13.3. The van der Waals surface area contributed by atoms with Crippen LogP contribution in [0.5, 0.6) is 0 Å². The lowest BCUT2D eigenvalue weighted by Crippen LogP contribution is -2.62. The molecule has 0 saturated carbocycles. The van der Waals surface area contributed by atoms with Crippen molar-refractivity contribution < 1.29 is 0 Å². The van der Waals surface area contributed by atoms with Crippen LogP contribution in [-0.4, -0.2) is 48.1 Å². The molecule has 116 valence electrons. The third kappa shape index (κ3) is 2.54. The molecule has 0 aromatic heterocycles. The molecule has 3 heteroatoms. The van der Waals surface area contributed by atoms with Crippen molar-refractivity contribution in [3.05, 3.63) is 48.0 Å². The van der Waals surface area contributed by atoms with Gasteiger partial charge in [0.1, 0.15) is 0 Å². The summed E-state index contributed by atoms with van der Waals surface area (Å²) in [6.07, 6.45) is 2.28. The molecule has 2 aliphatic rings. The zero-order valence-electron chi connectivity index (χ0n) is 13.3. The Morgan fingerprint density at radius 1 is 1.00 bits per heavy atom. The van der Waals surface area contributed by atoms with E-state index in [4.69, 9.17) is 5.73 Å². The Hall–Kier alpha value is -1.42. The van der Waals surface area contributed by atoms with Crippen molar-refractivity contribution in [2.75, 3.05) is 20.1 Å². The predicted octanol–water partition coefficient (Wildman–Crippen LogP) is 2.45. The van der Waals surface area contributed by atoms with Crippen LogP contribution in [-0.2, 0) is 6.54 Å². The van der Waals surface area contributed by atoms with E-state index in [-0.39, 0.29) is 0 Å². The molecular formula is C19H25N3. The number of hydrogen-bond acceptors (Lipinski definition) is 3. The smallest absolute Gasteiger partial charge is 0.0241 e. The van der Waals surface area contributed by atoms with Gasteiger partial charge in [-0.05, 0) is 36.2 Å². The third-order valence-electron chi connectivity index (χ3n) is 5.51. The first kappa shape index (κ1) is 14.2. The van der Waals surface area contributed by atoms with E-state index in [1.54, 1.807) is 0 Å². The largest absolute Gasteiger partial charge is 0.328 e. The summed E-state index contributed by atoms with van der Waals surface area (Å²) < 4.78 is 0. The number of hydrogen-bond donors (Lipinski definition) is 1. The molecule has 2 heterocycles. The lowest BCUT2D eigenvalue weighted by molar-refractivity contribution is -0.000223. The first-order valence-corrected chi connectivity index (χ1v) is 8.37. The van der Waals surface area contributed by atoms with E-state index in [1.165, 1.54) is 16.3 Å². The summed E-state index contributed by atoms with van der Waals surface area (Å²) in [5.74, 6) is 0. The minimum absolute atomic E-state index is 0.394. The molecule has 0 spiro atoms. The summed E-state index contributed by atoms with van der Waals surface area (Å²) in [6, 6.07) is 17.0. The fourth-order valence-electron chi connectivity index (χ4n) is 4.30. The van der Waals surface area contributed by atoms with E-state index in [9.17, 15) is 0 Å². The molecular weight excluding hydrogens is 270 g/mol. The fourth-order valence-corrected chi connectivity index (χ4v) is 4.30. The normalized spacial score (nSPS) is 29.8. The molecule has 2 aliphatic heterocycles. The topological polar surface area (TPSA) is 32.5 Å². The van der Waals surface area contributed by atoms with E-state index in [0.29, 0.717) is 18.1 Å². The average molecular weight is 295 g/mol. The average Bonchev–Trinajstić information content (AvgIpc) is 2.50. The lowest BCUT2D eigenvalue weighted by Gasteiger charge is -2.50. The van der Waals surface area contributed by atoms with E-state index in [0.717, 1.165) is 32.5 Å². The summed E-state index contributed by atoms with van der Waals surface area (Å²) in [6.45, 7) is 3.34. The van der Waals surface area contributed by atoms with Gasteiger partial charge in [-0.1, -0.05) is 42.5 Å². The van der Waals surface area contributed by atoms with Gasteiger partial charge in [-0.25, -0.2) is 0 Å². The maximum Gasteiger partial charge on any atom is 0.0241 e. The fraction of sp³-hybridized carbons (Fsp3) is 0.474. The molecule has 22 heavy (non-hydrogen) atoms. The van der Waals surface area contributed by atoms with E-state index < -0.39 is 0 Å². The summed E-state index contributed by atoms with van der Waals surface area (Å²) in [5, 5.41) is 2.74. The first-order valence-electron chi connectivity index (χ1n) is 8.37. The SMILES string of the molecule is CN1[C@@H]2C[C@@H](N)C[C@H]1CN(Cc1cccc3ccccc13)C2. The second-order valence-corrected chi connectivity index (χ2v) is 7.04. The van der Waals surface area contributed by atoms with Gasteiger partial charge in [0, 0.05) is 37.8 Å². The minimum Gasteiger partial charge on any atom is -0.328 e. The quantitative estimate of drug-likeness (QED) is 0.923. The van der Waals surface area contributed by atoms with Gasteiger partial charge < -0.3 is 5.73 Å². The highest BCUT2D eigenvalue weighted by Gasteiger charge is 2.37. The van der Waals surface area contributed by atoms with Crippen molar-refractivity contribution >= 4 is 10.8 Å². The third-order valence-corrected chi connectivity index (χ3v) is 5.51. The van der Waals surface area contributed by atoms with E-state index in [2.05, 4.69) is 59.3 Å². The highest BCUT2D eigenvalue weighted by Crippen LogP contribution is 2.28. The summed E-state index contributed by atoms with van der Waals surface area (Å²) >= 11 is 0. The Morgan fingerprint density at radius 2 is 1.68 bits per heavy atom. The highest BCUT2D eigenvalue weighted by molar-refractivity contribution is 5.85. The number of likely N-dealkylation sites (N-methyl/N-ethyl adjacent to an activating group) is 1. The van der Waals surface area contributed by atoms with Crippen LogP contribution in [0.15, 0.2) is 42.5 Å². The number of benzene rings is 2. The van der Waals surface area contributed by atoms with Crippen LogP contribution in [0.2, 0.25) is 0 Å². The summed E-state index contributed by atoms with van der Waals surface area (Å²) in [7, 11) is 2.27. The minimum atomic E-state index is 0.394. The second-order valence-electron chi connectivity index (χ2n) is 7.04. The molecule has 2 N–H and O–H groups in total. The summed E-state index contributed by atoms with van der Waals surface area (Å²) in [5.41, 5.74) is 7.66. The Labute approximate surface area is 132 Å². The van der Waals surface area contributed by atoms with Crippen molar-refractivity contribution in [1.82, 2.24) is 9.80 Å². The molecule has 2 fully saturated rings. The molecule has 2 aromatic rings. The van der Waals surface area contributed by atoms with E-state index >= 15 is 0 Å². The Bertz CT molecular complexity index is 647. The summed E-state index contributed by atoms with van der Waals surface area (Å²) in [4.78, 5) is 5.19. The molecule has 0 amide bonds. The van der Waals surface area contributed by atoms with Crippen molar-refractivity contribution in [3.8, 4) is 0 Å².